The molecule has 0 saturated carbocycles. The van der Waals surface area contributed by atoms with Crippen LogP contribution in [0.2, 0.25) is 4.82 Å². The third-order valence-corrected chi connectivity index (χ3v) is 1.91. The van der Waals surface area contributed by atoms with E-state index in [0.717, 1.165) is 4.82 Å². The third kappa shape index (κ3) is 4.26. The summed E-state index contributed by atoms with van der Waals surface area (Å²) in [6.07, 6.45) is 0. The van der Waals surface area contributed by atoms with E-state index in [4.69, 9.17) is 0 Å². The van der Waals surface area contributed by atoms with Crippen molar-refractivity contribution in [3.8, 4) is 0 Å². The standard InChI is InChI=1S/C5H10Se/c1-4-6-5(2)3/h4-5H,1H2,2-3H3. The molecule has 36 valence electrons. The molecule has 0 aromatic heterocycles. The van der Waals surface area contributed by atoms with Crippen LogP contribution >= 0.6 is 0 Å². The molecule has 0 radical (unpaired) electrons. The minimum absolute atomic E-state index is 0.681. The minimum atomic E-state index is 0.681. The van der Waals surface area contributed by atoms with Crippen LogP contribution in [0.1, 0.15) is 13.8 Å². The van der Waals surface area contributed by atoms with E-state index in [0.29, 0.717) is 15.0 Å². The molecule has 0 fully saturated rings. The molecule has 0 nitrogen and oxygen atoms in total. The number of rotatable bonds is 2. The van der Waals surface area contributed by atoms with Gasteiger partial charge in [0.15, 0.2) is 0 Å². The van der Waals surface area contributed by atoms with Crippen molar-refractivity contribution in [1.29, 1.82) is 0 Å². The van der Waals surface area contributed by atoms with E-state index in [1.54, 1.807) is 0 Å². The molecule has 0 spiro atoms. The molecule has 0 heterocycles. The Labute approximate surface area is 45.8 Å². The maximum atomic E-state index is 3.63. The second-order valence-corrected chi connectivity index (χ2v) is 4.60. The van der Waals surface area contributed by atoms with Crippen molar-refractivity contribution in [3.05, 3.63) is 11.6 Å². The molecule has 0 aromatic carbocycles. The first-order valence-corrected chi connectivity index (χ1v) is 4.01. The van der Waals surface area contributed by atoms with Gasteiger partial charge >= 0.3 is 45.2 Å². The van der Waals surface area contributed by atoms with E-state index in [9.17, 15) is 0 Å². The van der Waals surface area contributed by atoms with Gasteiger partial charge in [-0.25, -0.2) is 0 Å². The van der Waals surface area contributed by atoms with E-state index in [2.05, 4.69) is 20.4 Å². The molecule has 6 heavy (non-hydrogen) atoms. The van der Waals surface area contributed by atoms with Crippen molar-refractivity contribution in [2.75, 3.05) is 0 Å². The Morgan fingerprint density at radius 3 is 2.17 bits per heavy atom. The molecule has 0 aromatic rings. The topological polar surface area (TPSA) is 0 Å². The summed E-state index contributed by atoms with van der Waals surface area (Å²) < 4.78 is 0. The Balaban J connectivity index is 2.81. The van der Waals surface area contributed by atoms with Gasteiger partial charge in [0.25, 0.3) is 0 Å². The van der Waals surface area contributed by atoms with Gasteiger partial charge in [-0.05, 0) is 0 Å². The molecule has 0 N–H and O–H groups in total. The fourth-order valence-corrected chi connectivity index (χ4v) is 1.00. The van der Waals surface area contributed by atoms with Crippen molar-refractivity contribution in [2.45, 2.75) is 18.7 Å². The molecule has 0 bridgehead atoms. The molecule has 0 aliphatic heterocycles. The summed E-state index contributed by atoms with van der Waals surface area (Å²) in [4.78, 5) is 2.85. The van der Waals surface area contributed by atoms with Crippen LogP contribution in [0, 0.1) is 0 Å². The zero-order valence-corrected chi connectivity index (χ0v) is 5.98. The molecule has 1 heteroatoms. The van der Waals surface area contributed by atoms with Gasteiger partial charge in [0.1, 0.15) is 0 Å². The Morgan fingerprint density at radius 2 is 2.17 bits per heavy atom. The normalized spacial score (nSPS) is 9.17. The Kier molecular flexibility index (Phi) is 3.60. The predicted octanol–water partition coefficient (Wildman–Crippen LogP) is 1.66. The fraction of sp³-hybridized carbons (Fsp3) is 0.600. The van der Waals surface area contributed by atoms with E-state index < -0.39 is 0 Å². The summed E-state index contributed by atoms with van der Waals surface area (Å²) in [7, 11) is 0. The average molecular weight is 149 g/mol. The maximum absolute atomic E-state index is 3.63. The van der Waals surface area contributed by atoms with Crippen LogP contribution in [-0.2, 0) is 0 Å². The predicted molar refractivity (Wildman–Crippen MR) is 31.0 cm³/mol. The molecule has 0 aliphatic carbocycles. The first-order valence-electron chi connectivity index (χ1n) is 2.03. The van der Waals surface area contributed by atoms with Gasteiger partial charge < -0.3 is 0 Å². The molecule has 0 amide bonds. The molecule has 0 atom stereocenters. The van der Waals surface area contributed by atoms with Gasteiger partial charge in [-0.15, -0.1) is 0 Å². The van der Waals surface area contributed by atoms with Crippen molar-refractivity contribution in [3.63, 3.8) is 0 Å². The van der Waals surface area contributed by atoms with Crippen molar-refractivity contribution >= 4 is 15.0 Å². The number of hydrogen-bond donors (Lipinski definition) is 0. The summed E-state index contributed by atoms with van der Waals surface area (Å²) >= 11 is 0.681. The summed E-state index contributed by atoms with van der Waals surface area (Å²) in [5.41, 5.74) is 0. The van der Waals surface area contributed by atoms with E-state index >= 15 is 0 Å². The van der Waals surface area contributed by atoms with Gasteiger partial charge in [0.2, 0.25) is 0 Å². The van der Waals surface area contributed by atoms with E-state index in [1.807, 2.05) is 4.97 Å². The Hall–Kier alpha value is 0.259. The first kappa shape index (κ1) is 6.26. The molecular formula is C5H10Se. The summed E-state index contributed by atoms with van der Waals surface area (Å²) in [6.45, 7) is 8.05. The second kappa shape index (κ2) is 3.45. The van der Waals surface area contributed by atoms with Crippen LogP contribution in [0.4, 0.5) is 0 Å². The van der Waals surface area contributed by atoms with Gasteiger partial charge in [-0.1, -0.05) is 0 Å². The van der Waals surface area contributed by atoms with E-state index in [1.165, 1.54) is 0 Å². The van der Waals surface area contributed by atoms with Gasteiger partial charge in [0.05, 0.1) is 0 Å². The van der Waals surface area contributed by atoms with Crippen LogP contribution in [0.25, 0.3) is 0 Å². The Bertz CT molecular complexity index is 39.2. The summed E-state index contributed by atoms with van der Waals surface area (Å²) in [6, 6.07) is 0. The van der Waals surface area contributed by atoms with Crippen LogP contribution in [0.3, 0.4) is 0 Å². The molecule has 0 unspecified atom stereocenters. The number of hydrogen-bond acceptors (Lipinski definition) is 0. The average Bonchev–Trinajstić information content (AvgIpc) is 1.35. The van der Waals surface area contributed by atoms with Gasteiger partial charge in [-0.2, -0.15) is 0 Å². The third-order valence-electron chi connectivity index (χ3n) is 0.368. The van der Waals surface area contributed by atoms with Crippen molar-refractivity contribution < 1.29 is 0 Å². The zero-order chi connectivity index (χ0) is 4.99. The summed E-state index contributed by atoms with van der Waals surface area (Å²) in [5.74, 6) is 0. The van der Waals surface area contributed by atoms with Crippen LogP contribution in [0.5, 0.6) is 0 Å². The van der Waals surface area contributed by atoms with Gasteiger partial charge in [0, 0.05) is 0 Å². The van der Waals surface area contributed by atoms with Gasteiger partial charge in [-0.3, -0.25) is 0 Å². The zero-order valence-electron chi connectivity index (χ0n) is 4.27. The SMILES string of the molecule is C=C[Se]C(C)C. The fourth-order valence-electron chi connectivity index (χ4n) is 0.192. The van der Waals surface area contributed by atoms with Crippen LogP contribution in [0.15, 0.2) is 11.6 Å². The van der Waals surface area contributed by atoms with E-state index in [-0.39, 0.29) is 0 Å². The Morgan fingerprint density at radius 1 is 1.67 bits per heavy atom. The van der Waals surface area contributed by atoms with Crippen molar-refractivity contribution in [1.82, 2.24) is 0 Å². The molecule has 0 saturated heterocycles. The molecule has 0 aliphatic rings. The van der Waals surface area contributed by atoms with Crippen LogP contribution < -0.4 is 0 Å². The first-order chi connectivity index (χ1) is 2.77. The van der Waals surface area contributed by atoms with Crippen LogP contribution in [-0.4, -0.2) is 15.0 Å². The molecular weight excluding hydrogens is 139 g/mol. The quantitative estimate of drug-likeness (QED) is 0.524. The second-order valence-electron chi connectivity index (χ2n) is 1.35. The van der Waals surface area contributed by atoms with Crippen molar-refractivity contribution in [2.24, 2.45) is 0 Å². The summed E-state index contributed by atoms with van der Waals surface area (Å²) in [5, 5.41) is 0. The molecule has 0 rings (SSSR count). The monoisotopic (exact) mass is 150 g/mol.